The van der Waals surface area contributed by atoms with E-state index < -0.39 is 16.7 Å². The van der Waals surface area contributed by atoms with E-state index in [0.717, 1.165) is 19.3 Å². The summed E-state index contributed by atoms with van der Waals surface area (Å²) in [5.74, 6) is 0.749. The number of fused-ring (bicyclic) bond motifs is 1. The largest absolute Gasteiger partial charge is 0.429 e. The molecule has 34 heavy (non-hydrogen) atoms. The maximum Gasteiger partial charge on any atom is 0.397 e. The van der Waals surface area contributed by atoms with Crippen molar-refractivity contribution in [3.63, 3.8) is 0 Å². The highest BCUT2D eigenvalue weighted by Crippen LogP contribution is 2.58. The van der Waals surface area contributed by atoms with Crippen LogP contribution in [0.3, 0.4) is 0 Å². The first-order valence-electron chi connectivity index (χ1n) is 12.6. The van der Waals surface area contributed by atoms with Gasteiger partial charge in [-0.1, -0.05) is 39.3 Å². The molecule has 1 fully saturated rings. The lowest BCUT2D eigenvalue weighted by atomic mass is 9.52. The predicted octanol–water partition coefficient (Wildman–Crippen LogP) is 5.63. The topological polar surface area (TPSA) is 99.1 Å². The molecule has 7 nitrogen and oxygen atoms in total. The molecule has 8 heteroatoms. The van der Waals surface area contributed by atoms with Crippen molar-refractivity contribution in [1.29, 1.82) is 0 Å². The summed E-state index contributed by atoms with van der Waals surface area (Å²) in [5.41, 5.74) is 2.55. The average molecular weight is 499 g/mol. The Morgan fingerprint density at radius 3 is 2.62 bits per heavy atom. The lowest BCUT2D eigenvalue weighted by Gasteiger charge is -2.53. The Morgan fingerprint density at radius 1 is 1.24 bits per heavy atom. The van der Waals surface area contributed by atoms with E-state index >= 15 is 0 Å². The number of esters is 1. The standard InChI is InChI=1S/C26H42O7S/c1-18-11-12-21-22(10-7-14-25(21,2)3)26(18,4)15-13-19(17-32-34(28,29)30)8-6-9-20-16-23(31-5)33-24(20)27/h10,16,18-19,21,23H,6-9,11-15,17H2,1-5H3,(H,28,29,30)/t18-,19?,21-,23?,26-/m0/s1. The average Bonchev–Trinajstić information content (AvgIpc) is 3.11. The van der Waals surface area contributed by atoms with Gasteiger partial charge in [0.1, 0.15) is 0 Å². The molecule has 0 saturated heterocycles. The SMILES string of the molecule is COC1C=C(CCCC(CC[C@]2(C)C3=CCCC(C)(C)[C@H]3CC[C@@H]2C)COS(=O)(=O)O)C(=O)O1. The van der Waals surface area contributed by atoms with E-state index in [2.05, 4.69) is 33.8 Å². The molecule has 0 bridgehead atoms. The predicted molar refractivity (Wildman–Crippen MR) is 130 cm³/mol. The van der Waals surface area contributed by atoms with Crippen LogP contribution in [-0.2, 0) is 28.9 Å². The van der Waals surface area contributed by atoms with Crippen molar-refractivity contribution < 1.29 is 31.4 Å². The monoisotopic (exact) mass is 498 g/mol. The number of ether oxygens (including phenoxy) is 2. The van der Waals surface area contributed by atoms with Gasteiger partial charge in [-0.15, -0.1) is 0 Å². The van der Waals surface area contributed by atoms with Crippen molar-refractivity contribution in [2.75, 3.05) is 13.7 Å². The molecule has 1 heterocycles. The minimum atomic E-state index is -4.50. The minimum absolute atomic E-state index is 0.0419. The Morgan fingerprint density at radius 2 is 1.97 bits per heavy atom. The lowest BCUT2D eigenvalue weighted by molar-refractivity contribution is -0.155. The van der Waals surface area contributed by atoms with Crippen molar-refractivity contribution in [1.82, 2.24) is 0 Å². The van der Waals surface area contributed by atoms with Gasteiger partial charge >= 0.3 is 16.4 Å². The van der Waals surface area contributed by atoms with Crippen molar-refractivity contribution in [2.24, 2.45) is 28.6 Å². The van der Waals surface area contributed by atoms with Crippen molar-refractivity contribution in [3.05, 3.63) is 23.3 Å². The van der Waals surface area contributed by atoms with Gasteiger partial charge in [-0.05, 0) is 92.4 Å². The first kappa shape index (κ1) is 27.4. The Hall–Kier alpha value is -1.22. The molecular formula is C26H42O7S. The zero-order valence-corrected chi connectivity index (χ0v) is 22.2. The molecule has 0 aromatic heterocycles. The van der Waals surface area contributed by atoms with E-state index in [0.29, 0.717) is 42.1 Å². The lowest BCUT2D eigenvalue weighted by Crippen LogP contribution is -2.43. The number of cyclic esters (lactones) is 1. The Labute approximate surface area is 205 Å². The number of carbonyl (C=O) groups is 1. The smallest absolute Gasteiger partial charge is 0.397 e. The second kappa shape index (κ2) is 10.8. The third-order valence-corrected chi connectivity index (χ3v) is 9.18. The highest BCUT2D eigenvalue weighted by Gasteiger charge is 2.47. The van der Waals surface area contributed by atoms with Gasteiger partial charge in [0.15, 0.2) is 0 Å². The summed E-state index contributed by atoms with van der Waals surface area (Å²) in [7, 11) is -3.01. The molecular weight excluding hydrogens is 456 g/mol. The number of hydrogen-bond donors (Lipinski definition) is 1. The Balaban J connectivity index is 1.66. The molecule has 3 rings (SSSR count). The summed E-state index contributed by atoms with van der Waals surface area (Å²) in [6.45, 7) is 9.44. The van der Waals surface area contributed by atoms with Gasteiger partial charge in [0.05, 0.1) is 6.61 Å². The molecule has 2 aliphatic carbocycles. The van der Waals surface area contributed by atoms with Gasteiger partial charge in [-0.3, -0.25) is 4.55 Å². The van der Waals surface area contributed by atoms with Gasteiger partial charge in [-0.2, -0.15) is 8.42 Å². The van der Waals surface area contributed by atoms with Crippen LogP contribution in [0.1, 0.15) is 85.5 Å². The van der Waals surface area contributed by atoms with Gasteiger partial charge < -0.3 is 9.47 Å². The zero-order chi connectivity index (χ0) is 25.1. The maximum atomic E-state index is 12.0. The summed E-state index contributed by atoms with van der Waals surface area (Å²) < 4.78 is 46.6. The fraction of sp³-hybridized carbons (Fsp3) is 0.808. The second-order valence-corrected chi connectivity index (χ2v) is 12.4. The van der Waals surface area contributed by atoms with Crippen molar-refractivity contribution >= 4 is 16.4 Å². The molecule has 3 aliphatic rings. The molecule has 0 spiro atoms. The molecule has 0 aromatic rings. The van der Waals surface area contributed by atoms with Crippen LogP contribution >= 0.6 is 0 Å². The molecule has 5 atom stereocenters. The van der Waals surface area contributed by atoms with Crippen LogP contribution in [0.2, 0.25) is 0 Å². The summed E-state index contributed by atoms with van der Waals surface area (Å²) in [4.78, 5) is 12.0. The molecule has 0 aromatic carbocycles. The van der Waals surface area contributed by atoms with Crippen LogP contribution in [0.15, 0.2) is 23.3 Å². The van der Waals surface area contributed by atoms with Crippen LogP contribution in [0.5, 0.6) is 0 Å². The van der Waals surface area contributed by atoms with Crippen LogP contribution in [0.25, 0.3) is 0 Å². The highest BCUT2D eigenvalue weighted by atomic mass is 32.3. The summed E-state index contributed by atoms with van der Waals surface area (Å²) in [5, 5.41) is 0. The van der Waals surface area contributed by atoms with Gasteiger partial charge in [0.2, 0.25) is 6.29 Å². The number of hydrogen-bond acceptors (Lipinski definition) is 6. The number of allylic oxidation sites excluding steroid dienone is 2. The van der Waals surface area contributed by atoms with E-state index in [1.54, 1.807) is 11.6 Å². The van der Waals surface area contributed by atoms with E-state index in [4.69, 9.17) is 18.2 Å². The quantitative estimate of drug-likeness (QED) is 0.224. The minimum Gasteiger partial charge on any atom is -0.429 e. The van der Waals surface area contributed by atoms with E-state index in [-0.39, 0.29) is 23.9 Å². The first-order valence-corrected chi connectivity index (χ1v) is 14.0. The summed E-state index contributed by atoms with van der Waals surface area (Å²) in [6, 6.07) is 0. The molecule has 0 radical (unpaired) electrons. The molecule has 1 saturated carbocycles. The molecule has 0 amide bonds. The van der Waals surface area contributed by atoms with E-state index in [9.17, 15) is 13.2 Å². The Bertz CT molecular complexity index is 904. The van der Waals surface area contributed by atoms with Crippen LogP contribution in [0, 0.1) is 28.6 Å². The van der Waals surface area contributed by atoms with Crippen molar-refractivity contribution in [2.45, 2.75) is 91.8 Å². The summed E-state index contributed by atoms with van der Waals surface area (Å²) in [6.07, 6.45) is 12.0. The van der Waals surface area contributed by atoms with Crippen molar-refractivity contribution in [3.8, 4) is 0 Å². The number of methoxy groups -OCH3 is 1. The fourth-order valence-corrected chi connectivity index (χ4v) is 6.62. The van der Waals surface area contributed by atoms with Gasteiger partial charge in [-0.25, -0.2) is 8.98 Å². The fourth-order valence-electron chi connectivity index (χ4n) is 6.25. The Kier molecular flexibility index (Phi) is 8.70. The number of rotatable bonds is 11. The van der Waals surface area contributed by atoms with Crippen LogP contribution in [0.4, 0.5) is 0 Å². The normalized spacial score (nSPS) is 31.9. The van der Waals surface area contributed by atoms with Crippen LogP contribution in [-0.4, -0.2) is 38.9 Å². The molecule has 1 aliphatic heterocycles. The molecule has 194 valence electrons. The molecule has 2 unspecified atom stereocenters. The first-order chi connectivity index (χ1) is 15.9. The zero-order valence-electron chi connectivity index (χ0n) is 21.3. The second-order valence-electron chi connectivity index (χ2n) is 11.3. The number of carbonyl (C=O) groups excluding carboxylic acids is 1. The highest BCUT2D eigenvalue weighted by molar-refractivity contribution is 7.80. The molecule has 1 N–H and O–H groups in total. The third kappa shape index (κ3) is 6.50. The summed E-state index contributed by atoms with van der Waals surface area (Å²) >= 11 is 0. The van der Waals surface area contributed by atoms with E-state index in [1.807, 2.05) is 0 Å². The third-order valence-electron chi connectivity index (χ3n) is 8.75. The maximum absolute atomic E-state index is 12.0. The van der Waals surface area contributed by atoms with E-state index in [1.165, 1.54) is 26.4 Å². The van der Waals surface area contributed by atoms with Crippen LogP contribution < -0.4 is 0 Å². The van der Waals surface area contributed by atoms with Gasteiger partial charge in [0.25, 0.3) is 0 Å². The van der Waals surface area contributed by atoms with Gasteiger partial charge in [0, 0.05) is 12.7 Å².